The molecule has 0 aromatic heterocycles. The van der Waals surface area contributed by atoms with Gasteiger partial charge in [0.25, 0.3) is 5.91 Å². The fourth-order valence-corrected chi connectivity index (χ4v) is 2.24. The molecule has 1 atom stereocenters. The molecule has 0 aliphatic heterocycles. The second-order valence-electron chi connectivity index (χ2n) is 5.38. The molecule has 0 radical (unpaired) electrons. The summed E-state index contributed by atoms with van der Waals surface area (Å²) >= 11 is 0. The van der Waals surface area contributed by atoms with Gasteiger partial charge in [-0.1, -0.05) is 30.3 Å². The zero-order chi connectivity index (χ0) is 18.2. The molecule has 0 spiro atoms. The van der Waals surface area contributed by atoms with Crippen molar-refractivity contribution >= 4 is 11.9 Å². The number of benzene rings is 2. The van der Waals surface area contributed by atoms with Crippen LogP contribution in [0.2, 0.25) is 0 Å². The summed E-state index contributed by atoms with van der Waals surface area (Å²) in [6.45, 7) is 1.95. The number of amides is 3. The van der Waals surface area contributed by atoms with E-state index in [0.717, 1.165) is 0 Å². The van der Waals surface area contributed by atoms with Crippen LogP contribution in [0.25, 0.3) is 0 Å². The van der Waals surface area contributed by atoms with Crippen LogP contribution in [0.15, 0.2) is 48.5 Å². The maximum atomic E-state index is 13.6. The van der Waals surface area contributed by atoms with E-state index in [9.17, 15) is 18.4 Å². The third kappa shape index (κ3) is 5.27. The van der Waals surface area contributed by atoms with Crippen molar-refractivity contribution in [2.45, 2.75) is 13.0 Å². The van der Waals surface area contributed by atoms with Crippen molar-refractivity contribution in [1.29, 1.82) is 0 Å². The van der Waals surface area contributed by atoms with Gasteiger partial charge < -0.3 is 16.0 Å². The molecule has 132 valence electrons. The first kappa shape index (κ1) is 18.4. The molecule has 0 aliphatic rings. The average molecular weight is 347 g/mol. The zero-order valence-corrected chi connectivity index (χ0v) is 13.7. The largest absolute Gasteiger partial charge is 0.350 e. The van der Waals surface area contributed by atoms with E-state index in [1.165, 1.54) is 24.3 Å². The highest BCUT2D eigenvalue weighted by Crippen LogP contribution is 2.15. The van der Waals surface area contributed by atoms with Gasteiger partial charge in [0.05, 0.1) is 11.6 Å². The zero-order valence-electron chi connectivity index (χ0n) is 13.7. The van der Waals surface area contributed by atoms with Crippen molar-refractivity contribution in [3.8, 4) is 0 Å². The Bertz CT molecular complexity index is 753. The van der Waals surface area contributed by atoms with Crippen LogP contribution in [0.4, 0.5) is 13.6 Å². The summed E-state index contributed by atoms with van der Waals surface area (Å²) < 4.78 is 27.1. The Morgan fingerprint density at radius 2 is 1.52 bits per heavy atom. The quantitative estimate of drug-likeness (QED) is 0.703. The van der Waals surface area contributed by atoms with Crippen LogP contribution in [0.5, 0.6) is 0 Å². The Labute approximate surface area is 144 Å². The highest BCUT2D eigenvalue weighted by molar-refractivity contribution is 5.94. The summed E-state index contributed by atoms with van der Waals surface area (Å²) in [5.74, 6) is -1.56. The number of hydrogen-bond acceptors (Lipinski definition) is 2. The van der Waals surface area contributed by atoms with Gasteiger partial charge in [0.15, 0.2) is 0 Å². The van der Waals surface area contributed by atoms with Crippen molar-refractivity contribution in [3.63, 3.8) is 0 Å². The Balaban J connectivity index is 1.73. The fraction of sp³-hybridized carbons (Fsp3) is 0.222. The number of carbonyl (C=O) groups is 2. The fourth-order valence-electron chi connectivity index (χ4n) is 2.24. The lowest BCUT2D eigenvalue weighted by Crippen LogP contribution is -2.41. The SMILES string of the molecule is C[C@H](NC(=O)NCCNC(=O)c1ccccc1F)c1ccccc1F. The highest BCUT2D eigenvalue weighted by atomic mass is 19.1. The maximum absolute atomic E-state index is 13.6. The summed E-state index contributed by atoms with van der Waals surface area (Å²) in [6, 6.07) is 10.8. The Kier molecular flexibility index (Phi) is 6.45. The normalized spacial score (nSPS) is 11.5. The average Bonchev–Trinajstić information content (AvgIpc) is 2.59. The molecule has 7 heteroatoms. The van der Waals surface area contributed by atoms with E-state index in [1.54, 1.807) is 31.2 Å². The first-order chi connectivity index (χ1) is 12.0. The van der Waals surface area contributed by atoms with Crippen molar-refractivity contribution in [2.75, 3.05) is 13.1 Å². The molecular weight excluding hydrogens is 328 g/mol. The molecule has 0 saturated heterocycles. The molecule has 0 aliphatic carbocycles. The Hall–Kier alpha value is -2.96. The van der Waals surface area contributed by atoms with E-state index in [0.29, 0.717) is 5.56 Å². The molecular formula is C18H19F2N3O2. The van der Waals surface area contributed by atoms with Crippen molar-refractivity contribution in [1.82, 2.24) is 16.0 Å². The monoisotopic (exact) mass is 347 g/mol. The molecule has 0 saturated carbocycles. The van der Waals surface area contributed by atoms with E-state index in [4.69, 9.17) is 0 Å². The van der Waals surface area contributed by atoms with E-state index in [2.05, 4.69) is 16.0 Å². The molecule has 2 aromatic carbocycles. The van der Waals surface area contributed by atoms with Crippen LogP contribution < -0.4 is 16.0 Å². The molecule has 5 nitrogen and oxygen atoms in total. The summed E-state index contributed by atoms with van der Waals surface area (Å²) in [6.07, 6.45) is 0. The van der Waals surface area contributed by atoms with E-state index >= 15 is 0 Å². The van der Waals surface area contributed by atoms with Gasteiger partial charge in [0, 0.05) is 18.7 Å². The van der Waals surface area contributed by atoms with E-state index in [-0.39, 0.29) is 18.7 Å². The number of urea groups is 1. The van der Waals surface area contributed by atoms with Crippen LogP contribution >= 0.6 is 0 Å². The summed E-state index contributed by atoms with van der Waals surface area (Å²) in [5.41, 5.74) is 0.325. The molecule has 0 fully saturated rings. The maximum Gasteiger partial charge on any atom is 0.315 e. The van der Waals surface area contributed by atoms with Crippen molar-refractivity contribution in [2.24, 2.45) is 0 Å². The number of nitrogens with one attached hydrogen (secondary N) is 3. The minimum atomic E-state index is -0.607. The van der Waals surface area contributed by atoms with Crippen LogP contribution in [-0.2, 0) is 0 Å². The number of halogens is 2. The van der Waals surface area contributed by atoms with Gasteiger partial charge in [-0.15, -0.1) is 0 Å². The third-order valence-corrected chi connectivity index (χ3v) is 3.53. The Morgan fingerprint density at radius 3 is 2.20 bits per heavy atom. The van der Waals surface area contributed by atoms with E-state index in [1.807, 2.05) is 0 Å². The molecule has 0 heterocycles. The number of carbonyl (C=O) groups excluding carboxylic acids is 2. The van der Waals surface area contributed by atoms with Gasteiger partial charge in [-0.25, -0.2) is 13.6 Å². The molecule has 3 amide bonds. The van der Waals surface area contributed by atoms with Gasteiger partial charge >= 0.3 is 6.03 Å². The first-order valence-corrected chi connectivity index (χ1v) is 7.80. The smallest absolute Gasteiger partial charge is 0.315 e. The molecule has 25 heavy (non-hydrogen) atoms. The lowest BCUT2D eigenvalue weighted by atomic mass is 10.1. The van der Waals surface area contributed by atoms with Crippen LogP contribution in [0.3, 0.4) is 0 Å². The van der Waals surface area contributed by atoms with Crippen LogP contribution in [0.1, 0.15) is 28.9 Å². The van der Waals surface area contributed by atoms with Crippen molar-refractivity contribution < 1.29 is 18.4 Å². The summed E-state index contributed by atoms with van der Waals surface area (Å²) in [5, 5.41) is 7.65. The summed E-state index contributed by atoms with van der Waals surface area (Å²) in [7, 11) is 0. The number of hydrogen-bond donors (Lipinski definition) is 3. The molecule has 0 unspecified atom stereocenters. The standard InChI is InChI=1S/C18H19F2N3O2/c1-12(13-6-2-4-8-15(13)19)23-18(25)22-11-10-21-17(24)14-7-3-5-9-16(14)20/h2-9,12H,10-11H2,1H3,(H,21,24)(H2,22,23,25)/t12-/m0/s1. The van der Waals surface area contributed by atoms with Gasteiger partial charge in [-0.3, -0.25) is 4.79 Å². The second-order valence-corrected chi connectivity index (χ2v) is 5.38. The Morgan fingerprint density at radius 1 is 0.920 bits per heavy atom. The third-order valence-electron chi connectivity index (χ3n) is 3.53. The van der Waals surface area contributed by atoms with E-state index < -0.39 is 29.6 Å². The van der Waals surface area contributed by atoms with Gasteiger partial charge in [-0.2, -0.15) is 0 Å². The summed E-state index contributed by atoms with van der Waals surface area (Å²) in [4.78, 5) is 23.6. The predicted molar refractivity (Wildman–Crippen MR) is 90.1 cm³/mol. The van der Waals surface area contributed by atoms with Crippen molar-refractivity contribution in [3.05, 3.63) is 71.3 Å². The minimum absolute atomic E-state index is 0.0554. The highest BCUT2D eigenvalue weighted by Gasteiger charge is 2.13. The minimum Gasteiger partial charge on any atom is -0.350 e. The molecule has 2 rings (SSSR count). The second kappa shape index (κ2) is 8.77. The predicted octanol–water partition coefficient (Wildman–Crippen LogP) is 2.76. The molecule has 0 bridgehead atoms. The topological polar surface area (TPSA) is 70.2 Å². The van der Waals surface area contributed by atoms with Gasteiger partial charge in [0.2, 0.25) is 0 Å². The molecule has 3 N–H and O–H groups in total. The van der Waals surface area contributed by atoms with Gasteiger partial charge in [0.1, 0.15) is 11.6 Å². The lowest BCUT2D eigenvalue weighted by Gasteiger charge is -2.15. The van der Waals surface area contributed by atoms with Crippen LogP contribution in [-0.4, -0.2) is 25.0 Å². The van der Waals surface area contributed by atoms with Gasteiger partial charge in [-0.05, 0) is 25.1 Å². The molecule has 2 aromatic rings. The van der Waals surface area contributed by atoms with Crippen LogP contribution in [0, 0.1) is 11.6 Å². The first-order valence-electron chi connectivity index (χ1n) is 7.80. The number of rotatable bonds is 6. The lowest BCUT2D eigenvalue weighted by molar-refractivity contribution is 0.0949.